The van der Waals surface area contributed by atoms with Crippen LogP contribution in [0.2, 0.25) is 0 Å². The molecule has 21 heavy (non-hydrogen) atoms. The third kappa shape index (κ3) is 4.74. The average Bonchev–Trinajstić information content (AvgIpc) is 2.47. The monoisotopic (exact) mass is 300 g/mol. The van der Waals surface area contributed by atoms with Crippen LogP contribution in [0.5, 0.6) is 0 Å². The molecule has 1 amide bonds. The molecule has 1 fully saturated rings. The molecule has 1 aromatic rings. The van der Waals surface area contributed by atoms with Crippen molar-refractivity contribution in [2.24, 2.45) is 0 Å². The fourth-order valence-electron chi connectivity index (χ4n) is 2.45. The van der Waals surface area contributed by atoms with Gasteiger partial charge in [0.2, 0.25) is 0 Å². The van der Waals surface area contributed by atoms with Crippen LogP contribution in [0, 0.1) is 0 Å². The highest BCUT2D eigenvalue weighted by atomic mass is 19.4. The number of alkyl halides is 3. The van der Waals surface area contributed by atoms with Crippen molar-refractivity contribution in [1.29, 1.82) is 0 Å². The van der Waals surface area contributed by atoms with E-state index in [1.165, 1.54) is 31.4 Å². The summed E-state index contributed by atoms with van der Waals surface area (Å²) in [5.74, 6) is -0.460. The Labute approximate surface area is 122 Å². The van der Waals surface area contributed by atoms with Gasteiger partial charge in [0.15, 0.2) is 0 Å². The van der Waals surface area contributed by atoms with Gasteiger partial charge in [-0.3, -0.25) is 4.79 Å². The smallest absolute Gasteiger partial charge is 0.351 e. The quantitative estimate of drug-likeness (QED) is 0.927. The van der Waals surface area contributed by atoms with E-state index in [-0.39, 0.29) is 5.56 Å². The first-order chi connectivity index (χ1) is 9.97. The molecule has 0 atom stereocenters. The van der Waals surface area contributed by atoms with Gasteiger partial charge in [-0.2, -0.15) is 13.2 Å². The summed E-state index contributed by atoms with van der Waals surface area (Å²) in [6.07, 6.45) is -0.847. The average molecular weight is 300 g/mol. The first kappa shape index (κ1) is 15.8. The first-order valence-electron chi connectivity index (χ1n) is 7.14. The van der Waals surface area contributed by atoms with E-state index in [0.717, 1.165) is 31.8 Å². The summed E-state index contributed by atoms with van der Waals surface area (Å²) in [5.41, 5.74) is -0.755. The number of halogens is 3. The molecule has 1 saturated heterocycles. The Kier molecular flexibility index (Phi) is 5.22. The molecule has 0 saturated carbocycles. The number of likely N-dealkylation sites (tertiary alicyclic amines) is 1. The molecule has 116 valence electrons. The van der Waals surface area contributed by atoms with Gasteiger partial charge in [0.1, 0.15) is 0 Å². The number of nitrogens with zero attached hydrogens (tertiary/aromatic N) is 1. The molecule has 0 unspecified atom stereocenters. The van der Waals surface area contributed by atoms with Crippen molar-refractivity contribution in [2.45, 2.75) is 25.4 Å². The minimum Gasteiger partial charge on any atom is -0.351 e. The molecule has 1 aliphatic rings. The number of carbonyl (C=O) groups is 1. The lowest BCUT2D eigenvalue weighted by Gasteiger charge is -2.26. The Balaban J connectivity index is 1.85. The summed E-state index contributed by atoms with van der Waals surface area (Å²) in [7, 11) is 0. The van der Waals surface area contributed by atoms with E-state index in [2.05, 4.69) is 10.2 Å². The molecular formula is C15H19F3N2O. The predicted molar refractivity (Wildman–Crippen MR) is 74.1 cm³/mol. The van der Waals surface area contributed by atoms with Gasteiger partial charge >= 0.3 is 6.18 Å². The zero-order valence-electron chi connectivity index (χ0n) is 11.7. The van der Waals surface area contributed by atoms with Gasteiger partial charge in [-0.05, 0) is 44.1 Å². The van der Waals surface area contributed by atoms with Gasteiger partial charge in [0.05, 0.1) is 5.56 Å². The molecule has 3 nitrogen and oxygen atoms in total. The fraction of sp³-hybridized carbons (Fsp3) is 0.533. The molecule has 0 aliphatic carbocycles. The first-order valence-corrected chi connectivity index (χ1v) is 7.14. The Morgan fingerprint density at radius 3 is 2.57 bits per heavy atom. The van der Waals surface area contributed by atoms with Gasteiger partial charge < -0.3 is 10.2 Å². The molecule has 1 aromatic carbocycles. The van der Waals surface area contributed by atoms with E-state index in [4.69, 9.17) is 0 Å². The van der Waals surface area contributed by atoms with Crippen LogP contribution < -0.4 is 5.32 Å². The minimum atomic E-state index is -4.43. The van der Waals surface area contributed by atoms with Gasteiger partial charge in [-0.25, -0.2) is 0 Å². The molecule has 2 rings (SSSR count). The maximum atomic E-state index is 12.6. The topological polar surface area (TPSA) is 32.3 Å². The van der Waals surface area contributed by atoms with Gasteiger partial charge in [0, 0.05) is 18.7 Å². The fourth-order valence-corrected chi connectivity index (χ4v) is 2.45. The Bertz CT molecular complexity index is 482. The lowest BCUT2D eigenvalue weighted by molar-refractivity contribution is -0.137. The lowest BCUT2D eigenvalue weighted by Crippen LogP contribution is -2.37. The lowest BCUT2D eigenvalue weighted by atomic mass is 10.1. The van der Waals surface area contributed by atoms with Crippen LogP contribution in [0.4, 0.5) is 13.2 Å². The summed E-state index contributed by atoms with van der Waals surface area (Å²) in [5, 5.41) is 2.68. The van der Waals surface area contributed by atoms with E-state index in [0.29, 0.717) is 6.54 Å². The van der Waals surface area contributed by atoms with Crippen molar-refractivity contribution in [2.75, 3.05) is 26.2 Å². The van der Waals surface area contributed by atoms with E-state index < -0.39 is 17.6 Å². The molecule has 6 heteroatoms. The highest BCUT2D eigenvalue weighted by Gasteiger charge is 2.30. The molecule has 0 aromatic heterocycles. The molecule has 0 bridgehead atoms. The minimum absolute atomic E-state index is 0.0449. The van der Waals surface area contributed by atoms with Crippen LogP contribution in [0.25, 0.3) is 0 Å². The molecule has 0 spiro atoms. The second-order valence-electron chi connectivity index (χ2n) is 5.24. The van der Waals surface area contributed by atoms with E-state index >= 15 is 0 Å². The van der Waals surface area contributed by atoms with E-state index in [1.807, 2.05) is 0 Å². The van der Waals surface area contributed by atoms with Crippen molar-refractivity contribution >= 4 is 5.91 Å². The SMILES string of the molecule is O=C(NCCN1CCCCC1)c1cccc(C(F)(F)F)c1. The number of benzene rings is 1. The van der Waals surface area contributed by atoms with Crippen molar-refractivity contribution in [1.82, 2.24) is 10.2 Å². The Morgan fingerprint density at radius 1 is 1.19 bits per heavy atom. The zero-order valence-corrected chi connectivity index (χ0v) is 11.7. The van der Waals surface area contributed by atoms with Crippen LogP contribution in [-0.4, -0.2) is 37.0 Å². The highest BCUT2D eigenvalue weighted by molar-refractivity contribution is 5.94. The molecule has 1 heterocycles. The van der Waals surface area contributed by atoms with Gasteiger partial charge in [-0.15, -0.1) is 0 Å². The molecule has 1 N–H and O–H groups in total. The van der Waals surface area contributed by atoms with Gasteiger partial charge in [0.25, 0.3) is 5.91 Å². The summed E-state index contributed by atoms with van der Waals surface area (Å²) < 4.78 is 37.8. The number of carbonyl (C=O) groups excluding carboxylic acids is 1. The summed E-state index contributed by atoms with van der Waals surface area (Å²) in [6.45, 7) is 3.25. The van der Waals surface area contributed by atoms with Crippen LogP contribution in [0.3, 0.4) is 0 Å². The largest absolute Gasteiger partial charge is 0.416 e. The zero-order chi connectivity index (χ0) is 15.3. The van der Waals surface area contributed by atoms with Crippen LogP contribution in [0.1, 0.15) is 35.2 Å². The van der Waals surface area contributed by atoms with Crippen LogP contribution >= 0.6 is 0 Å². The van der Waals surface area contributed by atoms with E-state index in [1.54, 1.807) is 0 Å². The third-order valence-electron chi connectivity index (χ3n) is 3.61. The predicted octanol–water partition coefficient (Wildman–Crippen LogP) is 2.92. The summed E-state index contributed by atoms with van der Waals surface area (Å²) in [4.78, 5) is 14.1. The summed E-state index contributed by atoms with van der Waals surface area (Å²) >= 11 is 0. The molecule has 0 radical (unpaired) electrons. The van der Waals surface area contributed by atoms with Crippen LogP contribution in [0.15, 0.2) is 24.3 Å². The summed E-state index contributed by atoms with van der Waals surface area (Å²) in [6, 6.07) is 4.49. The number of amides is 1. The number of nitrogens with one attached hydrogen (secondary N) is 1. The maximum Gasteiger partial charge on any atom is 0.416 e. The number of piperidine rings is 1. The second kappa shape index (κ2) is 6.93. The van der Waals surface area contributed by atoms with Crippen molar-refractivity contribution in [3.63, 3.8) is 0 Å². The Morgan fingerprint density at radius 2 is 1.90 bits per heavy atom. The number of hydrogen-bond acceptors (Lipinski definition) is 2. The number of hydrogen-bond donors (Lipinski definition) is 1. The number of rotatable bonds is 4. The Hall–Kier alpha value is -1.56. The third-order valence-corrected chi connectivity index (χ3v) is 3.61. The highest BCUT2D eigenvalue weighted by Crippen LogP contribution is 2.29. The molecule has 1 aliphatic heterocycles. The normalized spacial score (nSPS) is 16.7. The maximum absolute atomic E-state index is 12.6. The van der Waals surface area contributed by atoms with E-state index in [9.17, 15) is 18.0 Å². The second-order valence-corrected chi connectivity index (χ2v) is 5.24. The van der Waals surface area contributed by atoms with Crippen molar-refractivity contribution in [3.05, 3.63) is 35.4 Å². The molecular weight excluding hydrogens is 281 g/mol. The van der Waals surface area contributed by atoms with Crippen molar-refractivity contribution < 1.29 is 18.0 Å². The van der Waals surface area contributed by atoms with Crippen molar-refractivity contribution in [3.8, 4) is 0 Å². The van der Waals surface area contributed by atoms with Gasteiger partial charge in [-0.1, -0.05) is 12.5 Å². The van der Waals surface area contributed by atoms with Crippen LogP contribution in [-0.2, 0) is 6.18 Å². The standard InChI is InChI=1S/C15H19F3N2O/c16-15(17,18)13-6-4-5-12(11-13)14(21)19-7-10-20-8-2-1-3-9-20/h4-6,11H,1-3,7-10H2,(H,19,21).